The number of benzene rings is 2. The lowest BCUT2D eigenvalue weighted by atomic mass is 10.1. The van der Waals surface area contributed by atoms with Gasteiger partial charge in [-0.25, -0.2) is 4.79 Å². The first-order chi connectivity index (χ1) is 15.7. The summed E-state index contributed by atoms with van der Waals surface area (Å²) in [6.45, 7) is 9.17. The number of nitrogens with zero attached hydrogens (tertiary/aromatic N) is 1. The maximum Gasteiger partial charge on any atom is 0.338 e. The molecule has 1 heterocycles. The number of esters is 1. The highest BCUT2D eigenvalue weighted by atomic mass is 16.5. The molecule has 7 nitrogen and oxygen atoms in total. The molecule has 0 saturated carbocycles. The van der Waals surface area contributed by atoms with Crippen molar-refractivity contribution in [2.45, 2.75) is 34.6 Å². The van der Waals surface area contributed by atoms with Crippen LogP contribution < -0.4 is 10.6 Å². The van der Waals surface area contributed by atoms with Gasteiger partial charge in [-0.15, -0.1) is 0 Å². The number of carbonyl (C=O) groups is 3. The summed E-state index contributed by atoms with van der Waals surface area (Å²) in [5.74, 6) is -1.50. The van der Waals surface area contributed by atoms with Crippen LogP contribution in [0.1, 0.15) is 38.4 Å². The first kappa shape index (κ1) is 23.8. The molecular weight excluding hydrogens is 418 g/mol. The van der Waals surface area contributed by atoms with E-state index in [0.29, 0.717) is 5.56 Å². The number of aromatic nitrogens is 1. The van der Waals surface area contributed by atoms with Gasteiger partial charge in [0, 0.05) is 22.8 Å². The van der Waals surface area contributed by atoms with Crippen molar-refractivity contribution in [3.8, 4) is 5.69 Å². The summed E-state index contributed by atoms with van der Waals surface area (Å²) in [5.41, 5.74) is 7.23. The number of anilines is 1. The Morgan fingerprint density at radius 3 is 1.97 bits per heavy atom. The summed E-state index contributed by atoms with van der Waals surface area (Å²) in [5, 5.41) is 5.28. The Bertz CT molecular complexity index is 1150. The summed E-state index contributed by atoms with van der Waals surface area (Å²) >= 11 is 0. The van der Waals surface area contributed by atoms with Crippen molar-refractivity contribution < 1.29 is 19.1 Å². The number of rotatable bonds is 7. The smallest absolute Gasteiger partial charge is 0.338 e. The van der Waals surface area contributed by atoms with Gasteiger partial charge in [-0.2, -0.15) is 0 Å². The minimum atomic E-state index is -0.604. The maximum absolute atomic E-state index is 12.3. The normalized spacial score (nSPS) is 10.6. The van der Waals surface area contributed by atoms with Gasteiger partial charge in [0.25, 0.3) is 5.91 Å². The van der Waals surface area contributed by atoms with Crippen molar-refractivity contribution >= 4 is 23.5 Å². The van der Waals surface area contributed by atoms with E-state index in [1.807, 2.05) is 71.0 Å². The lowest BCUT2D eigenvalue weighted by Crippen LogP contribution is -2.35. The Morgan fingerprint density at radius 1 is 0.818 bits per heavy atom. The topological polar surface area (TPSA) is 89.4 Å². The third-order valence-electron chi connectivity index (χ3n) is 5.35. The molecule has 3 aromatic rings. The standard InChI is InChI=1S/C26H29N3O4/c1-16-12-17(2)25(18(3)13-16)28-23(30)14-27-24(31)15-33-26(32)21-8-10-22(11-9-21)29-19(4)6-7-20(29)5/h6-13H,14-15H2,1-5H3,(H,27,31)(H,28,30). The lowest BCUT2D eigenvalue weighted by Gasteiger charge is -2.13. The molecular formula is C26H29N3O4. The average molecular weight is 448 g/mol. The van der Waals surface area contributed by atoms with Crippen LogP contribution in [0.5, 0.6) is 0 Å². The van der Waals surface area contributed by atoms with Crippen LogP contribution in [0.15, 0.2) is 48.5 Å². The zero-order chi connectivity index (χ0) is 24.1. The number of amides is 2. The summed E-state index contributed by atoms with van der Waals surface area (Å²) < 4.78 is 7.16. The first-order valence-electron chi connectivity index (χ1n) is 10.7. The molecule has 3 rings (SSSR count). The maximum atomic E-state index is 12.3. The molecule has 2 amide bonds. The van der Waals surface area contributed by atoms with Crippen LogP contribution in [0.3, 0.4) is 0 Å². The summed E-state index contributed by atoms with van der Waals surface area (Å²) in [7, 11) is 0. The highest BCUT2D eigenvalue weighted by Gasteiger charge is 2.13. The van der Waals surface area contributed by atoms with Crippen LogP contribution in [-0.4, -0.2) is 35.5 Å². The van der Waals surface area contributed by atoms with E-state index >= 15 is 0 Å². The minimum absolute atomic E-state index is 0.215. The van der Waals surface area contributed by atoms with Gasteiger partial charge in [-0.3, -0.25) is 9.59 Å². The molecule has 2 N–H and O–H groups in total. The molecule has 1 aromatic heterocycles. The highest BCUT2D eigenvalue weighted by Crippen LogP contribution is 2.21. The Labute approximate surface area is 193 Å². The van der Waals surface area contributed by atoms with Crippen LogP contribution in [0.2, 0.25) is 0 Å². The largest absolute Gasteiger partial charge is 0.452 e. The fraction of sp³-hybridized carbons (Fsp3) is 0.269. The van der Waals surface area contributed by atoms with E-state index in [1.165, 1.54) is 0 Å². The summed E-state index contributed by atoms with van der Waals surface area (Å²) in [6, 6.07) is 15.0. The molecule has 2 aromatic carbocycles. The van der Waals surface area contributed by atoms with Gasteiger partial charge in [0.15, 0.2) is 6.61 Å². The quantitative estimate of drug-likeness (QED) is 0.537. The third-order valence-corrected chi connectivity index (χ3v) is 5.35. The highest BCUT2D eigenvalue weighted by molar-refractivity contribution is 5.96. The number of carbonyl (C=O) groups excluding carboxylic acids is 3. The van der Waals surface area contributed by atoms with Gasteiger partial charge >= 0.3 is 5.97 Å². The van der Waals surface area contributed by atoms with Crippen LogP contribution in [0.4, 0.5) is 5.69 Å². The second-order valence-electron chi connectivity index (χ2n) is 8.17. The van der Waals surface area contributed by atoms with E-state index in [4.69, 9.17) is 4.74 Å². The van der Waals surface area contributed by atoms with E-state index in [-0.39, 0.29) is 12.5 Å². The third kappa shape index (κ3) is 5.88. The van der Waals surface area contributed by atoms with E-state index < -0.39 is 18.5 Å². The minimum Gasteiger partial charge on any atom is -0.452 e. The first-order valence-corrected chi connectivity index (χ1v) is 10.7. The Hall–Kier alpha value is -3.87. The van der Waals surface area contributed by atoms with E-state index in [2.05, 4.69) is 15.2 Å². The van der Waals surface area contributed by atoms with Gasteiger partial charge in [0.1, 0.15) is 0 Å². The molecule has 0 spiro atoms. The van der Waals surface area contributed by atoms with Crippen molar-refractivity contribution in [3.63, 3.8) is 0 Å². The van der Waals surface area contributed by atoms with Crippen LogP contribution in [0.25, 0.3) is 5.69 Å². The van der Waals surface area contributed by atoms with E-state index in [9.17, 15) is 14.4 Å². The predicted molar refractivity (Wildman–Crippen MR) is 128 cm³/mol. The van der Waals surface area contributed by atoms with Crippen LogP contribution in [0, 0.1) is 34.6 Å². The van der Waals surface area contributed by atoms with E-state index in [0.717, 1.165) is 39.5 Å². The van der Waals surface area contributed by atoms with Gasteiger partial charge < -0.3 is 19.9 Å². The zero-order valence-corrected chi connectivity index (χ0v) is 19.6. The number of aryl methyl sites for hydroxylation is 5. The molecule has 0 saturated heterocycles. The molecule has 0 aliphatic rings. The number of hydrogen-bond acceptors (Lipinski definition) is 4. The van der Waals surface area contributed by atoms with E-state index in [1.54, 1.807) is 12.1 Å². The fourth-order valence-electron chi connectivity index (χ4n) is 3.83. The van der Waals surface area contributed by atoms with Crippen molar-refractivity contribution in [2.75, 3.05) is 18.5 Å². The molecule has 0 bridgehead atoms. The predicted octanol–water partition coefficient (Wildman–Crippen LogP) is 3.93. The number of hydrogen-bond donors (Lipinski definition) is 2. The van der Waals surface area contributed by atoms with Gasteiger partial charge in [-0.05, 0) is 82.1 Å². The molecule has 0 unspecified atom stereocenters. The van der Waals surface area contributed by atoms with Crippen LogP contribution in [-0.2, 0) is 14.3 Å². The number of ether oxygens (including phenoxy) is 1. The Balaban J connectivity index is 1.48. The Morgan fingerprint density at radius 2 is 1.39 bits per heavy atom. The zero-order valence-electron chi connectivity index (χ0n) is 19.6. The molecule has 0 aliphatic heterocycles. The SMILES string of the molecule is Cc1cc(C)c(NC(=O)CNC(=O)COC(=O)c2ccc(-n3c(C)ccc3C)cc2)c(C)c1. The monoisotopic (exact) mass is 447 g/mol. The van der Waals surface area contributed by atoms with Crippen molar-refractivity contribution in [3.05, 3.63) is 82.2 Å². The van der Waals surface area contributed by atoms with Crippen molar-refractivity contribution in [1.29, 1.82) is 0 Å². The summed E-state index contributed by atoms with van der Waals surface area (Å²) in [6.07, 6.45) is 0. The fourth-order valence-corrected chi connectivity index (χ4v) is 3.83. The Kier molecular flexibility index (Phi) is 7.33. The molecule has 33 heavy (non-hydrogen) atoms. The second-order valence-corrected chi connectivity index (χ2v) is 8.17. The molecule has 0 atom stereocenters. The molecule has 172 valence electrons. The number of nitrogens with one attached hydrogen (secondary N) is 2. The molecule has 0 aliphatic carbocycles. The molecule has 0 fully saturated rings. The van der Waals surface area contributed by atoms with Gasteiger partial charge in [0.2, 0.25) is 5.91 Å². The molecule has 7 heteroatoms. The van der Waals surface area contributed by atoms with Crippen molar-refractivity contribution in [1.82, 2.24) is 9.88 Å². The van der Waals surface area contributed by atoms with Gasteiger partial charge in [0.05, 0.1) is 12.1 Å². The van der Waals surface area contributed by atoms with Gasteiger partial charge in [-0.1, -0.05) is 17.7 Å². The lowest BCUT2D eigenvalue weighted by molar-refractivity contribution is -0.126. The molecule has 0 radical (unpaired) electrons. The van der Waals surface area contributed by atoms with Crippen LogP contribution >= 0.6 is 0 Å². The second kappa shape index (κ2) is 10.2. The van der Waals surface area contributed by atoms with Crippen molar-refractivity contribution in [2.24, 2.45) is 0 Å². The average Bonchev–Trinajstić information content (AvgIpc) is 3.11. The summed E-state index contributed by atoms with van der Waals surface area (Å²) in [4.78, 5) is 36.5.